The second-order valence-electron chi connectivity index (χ2n) is 7.36. The lowest BCUT2D eigenvalue weighted by Gasteiger charge is -2.30. The number of nitrogens with zero attached hydrogens (tertiary/aromatic N) is 1. The topological polar surface area (TPSA) is 32.7 Å². The van der Waals surface area contributed by atoms with Crippen molar-refractivity contribution in [1.82, 2.24) is 4.90 Å². The SMILES string of the molecule is C=CCN(C)CC=CCOc1ccc(C(O)(c2ccc(Br)cc2)C2CC2)cc1. The number of halogens is 1. The molecule has 0 saturated heterocycles. The zero-order valence-electron chi connectivity index (χ0n) is 16.4. The van der Waals surface area contributed by atoms with Crippen molar-refractivity contribution in [1.29, 1.82) is 0 Å². The molecule has 3 nitrogen and oxygen atoms in total. The lowest BCUT2D eigenvalue weighted by molar-refractivity contribution is 0.0564. The monoisotopic (exact) mass is 441 g/mol. The standard InChI is InChI=1S/C24H28BrNO2/c1-3-16-26(2)17-4-5-18-28-23-14-10-21(11-15-23)24(27,19-6-7-19)20-8-12-22(25)13-9-20/h3-5,8-15,19,27H,1,6-7,16-18H2,2H3. The fourth-order valence-corrected chi connectivity index (χ4v) is 3.67. The van der Waals surface area contributed by atoms with Gasteiger partial charge in [-0.25, -0.2) is 0 Å². The normalized spacial score (nSPS) is 16.3. The Morgan fingerprint density at radius 3 is 2.25 bits per heavy atom. The van der Waals surface area contributed by atoms with E-state index in [0.717, 1.165) is 47.3 Å². The van der Waals surface area contributed by atoms with Gasteiger partial charge in [0, 0.05) is 17.6 Å². The molecule has 28 heavy (non-hydrogen) atoms. The molecule has 3 rings (SSSR count). The molecule has 1 aliphatic carbocycles. The number of ether oxygens (including phenoxy) is 1. The van der Waals surface area contributed by atoms with E-state index in [1.807, 2.05) is 60.7 Å². The Hall–Kier alpha value is -1.88. The van der Waals surface area contributed by atoms with Gasteiger partial charge in [-0.3, -0.25) is 4.90 Å². The van der Waals surface area contributed by atoms with Gasteiger partial charge in [0.1, 0.15) is 18.0 Å². The summed E-state index contributed by atoms with van der Waals surface area (Å²) in [4.78, 5) is 2.17. The van der Waals surface area contributed by atoms with Crippen LogP contribution < -0.4 is 4.74 Å². The van der Waals surface area contributed by atoms with Crippen LogP contribution in [0.1, 0.15) is 24.0 Å². The van der Waals surface area contributed by atoms with Gasteiger partial charge in [-0.1, -0.05) is 58.4 Å². The number of hydrogen-bond donors (Lipinski definition) is 1. The molecule has 0 bridgehead atoms. The molecule has 1 aliphatic rings. The molecule has 1 N–H and O–H groups in total. The van der Waals surface area contributed by atoms with Crippen molar-refractivity contribution in [2.75, 3.05) is 26.7 Å². The van der Waals surface area contributed by atoms with E-state index < -0.39 is 5.60 Å². The van der Waals surface area contributed by atoms with Crippen LogP contribution in [0.3, 0.4) is 0 Å². The highest BCUT2D eigenvalue weighted by Crippen LogP contribution is 2.49. The summed E-state index contributed by atoms with van der Waals surface area (Å²) in [6.45, 7) is 6.01. The maximum absolute atomic E-state index is 11.5. The van der Waals surface area contributed by atoms with E-state index in [2.05, 4.69) is 40.5 Å². The Morgan fingerprint density at radius 1 is 1.07 bits per heavy atom. The quantitative estimate of drug-likeness (QED) is 0.517. The van der Waals surface area contributed by atoms with Crippen molar-refractivity contribution >= 4 is 15.9 Å². The van der Waals surface area contributed by atoms with E-state index >= 15 is 0 Å². The van der Waals surface area contributed by atoms with E-state index in [9.17, 15) is 5.11 Å². The minimum absolute atomic E-state index is 0.274. The van der Waals surface area contributed by atoms with Crippen molar-refractivity contribution in [3.8, 4) is 5.75 Å². The van der Waals surface area contributed by atoms with E-state index in [1.54, 1.807) is 0 Å². The molecule has 1 atom stereocenters. The largest absolute Gasteiger partial charge is 0.490 e. The van der Waals surface area contributed by atoms with Crippen LogP contribution in [0.25, 0.3) is 0 Å². The summed E-state index contributed by atoms with van der Waals surface area (Å²) in [5.74, 6) is 1.08. The van der Waals surface area contributed by atoms with Gasteiger partial charge in [-0.05, 0) is 61.2 Å². The molecular weight excluding hydrogens is 414 g/mol. The van der Waals surface area contributed by atoms with Crippen LogP contribution in [0.15, 0.2) is 77.8 Å². The predicted molar refractivity (Wildman–Crippen MR) is 119 cm³/mol. The van der Waals surface area contributed by atoms with E-state index in [4.69, 9.17) is 4.74 Å². The molecule has 148 valence electrons. The van der Waals surface area contributed by atoms with Crippen molar-refractivity contribution in [3.63, 3.8) is 0 Å². The first-order chi connectivity index (χ1) is 13.5. The Balaban J connectivity index is 1.63. The minimum Gasteiger partial charge on any atom is -0.490 e. The summed E-state index contributed by atoms with van der Waals surface area (Å²) in [7, 11) is 2.05. The van der Waals surface area contributed by atoms with Crippen molar-refractivity contribution in [2.45, 2.75) is 18.4 Å². The molecule has 0 heterocycles. The number of hydrogen-bond acceptors (Lipinski definition) is 3. The third-order valence-electron chi connectivity index (χ3n) is 5.12. The molecule has 0 aromatic heterocycles. The van der Waals surface area contributed by atoms with Crippen LogP contribution in [-0.4, -0.2) is 36.8 Å². The summed E-state index contributed by atoms with van der Waals surface area (Å²) in [5.41, 5.74) is 0.930. The van der Waals surface area contributed by atoms with Gasteiger partial charge in [0.15, 0.2) is 0 Å². The van der Waals surface area contributed by atoms with E-state index in [-0.39, 0.29) is 5.92 Å². The Bertz CT molecular complexity index is 796. The molecule has 1 saturated carbocycles. The summed E-state index contributed by atoms with van der Waals surface area (Å²) in [5, 5.41) is 11.5. The molecule has 1 unspecified atom stereocenters. The lowest BCUT2D eigenvalue weighted by Crippen LogP contribution is -2.29. The van der Waals surface area contributed by atoms with Gasteiger partial charge >= 0.3 is 0 Å². The second-order valence-corrected chi connectivity index (χ2v) is 8.28. The molecule has 2 aromatic rings. The van der Waals surface area contributed by atoms with Crippen LogP contribution in [-0.2, 0) is 5.60 Å². The number of likely N-dealkylation sites (N-methyl/N-ethyl adjacent to an activating group) is 1. The highest BCUT2D eigenvalue weighted by Gasteiger charge is 2.46. The molecule has 0 aliphatic heterocycles. The van der Waals surface area contributed by atoms with Crippen LogP contribution >= 0.6 is 15.9 Å². The fourth-order valence-electron chi connectivity index (χ4n) is 3.41. The zero-order valence-corrected chi connectivity index (χ0v) is 17.9. The zero-order chi connectivity index (χ0) is 20.0. The number of aliphatic hydroxyl groups is 1. The summed E-state index contributed by atoms with van der Waals surface area (Å²) in [6, 6.07) is 15.8. The Labute approximate surface area is 176 Å². The average Bonchev–Trinajstić information content (AvgIpc) is 3.54. The number of rotatable bonds is 10. The van der Waals surface area contributed by atoms with Gasteiger partial charge in [0.05, 0.1) is 0 Å². The van der Waals surface area contributed by atoms with Crippen LogP contribution in [0.2, 0.25) is 0 Å². The van der Waals surface area contributed by atoms with E-state index in [1.165, 1.54) is 0 Å². The molecule has 2 aromatic carbocycles. The summed E-state index contributed by atoms with van der Waals surface area (Å²) < 4.78 is 6.82. The Morgan fingerprint density at radius 2 is 1.68 bits per heavy atom. The summed E-state index contributed by atoms with van der Waals surface area (Å²) >= 11 is 3.47. The molecule has 0 radical (unpaired) electrons. The first kappa shape index (κ1) is 20.8. The van der Waals surface area contributed by atoms with Crippen molar-refractivity contribution in [3.05, 3.63) is 88.9 Å². The second kappa shape index (κ2) is 9.55. The highest BCUT2D eigenvalue weighted by molar-refractivity contribution is 9.10. The smallest absolute Gasteiger partial charge is 0.119 e. The van der Waals surface area contributed by atoms with Crippen molar-refractivity contribution < 1.29 is 9.84 Å². The fraction of sp³-hybridized carbons (Fsp3) is 0.333. The molecule has 1 fully saturated rings. The predicted octanol–water partition coefficient (Wildman–Crippen LogP) is 5.15. The minimum atomic E-state index is -0.936. The highest BCUT2D eigenvalue weighted by atomic mass is 79.9. The number of benzene rings is 2. The average molecular weight is 442 g/mol. The first-order valence-corrected chi connectivity index (χ1v) is 10.5. The van der Waals surface area contributed by atoms with Gasteiger partial charge < -0.3 is 9.84 Å². The molecule has 0 amide bonds. The lowest BCUT2D eigenvalue weighted by atomic mass is 9.82. The third-order valence-corrected chi connectivity index (χ3v) is 5.65. The molecule has 4 heteroatoms. The van der Waals surface area contributed by atoms with Gasteiger partial charge in [-0.2, -0.15) is 0 Å². The van der Waals surface area contributed by atoms with Crippen LogP contribution in [0, 0.1) is 5.92 Å². The third kappa shape index (κ3) is 5.13. The van der Waals surface area contributed by atoms with Crippen molar-refractivity contribution in [2.24, 2.45) is 5.92 Å². The first-order valence-electron chi connectivity index (χ1n) is 9.70. The maximum atomic E-state index is 11.5. The maximum Gasteiger partial charge on any atom is 0.119 e. The van der Waals surface area contributed by atoms with Crippen LogP contribution in [0.4, 0.5) is 0 Å². The summed E-state index contributed by atoms with van der Waals surface area (Å²) in [6.07, 6.45) is 8.11. The molecule has 0 spiro atoms. The van der Waals surface area contributed by atoms with E-state index in [0.29, 0.717) is 6.61 Å². The molecular formula is C24H28BrNO2. The van der Waals surface area contributed by atoms with Gasteiger partial charge in [0.2, 0.25) is 0 Å². The Kier molecular flexibility index (Phi) is 7.11. The van der Waals surface area contributed by atoms with Crippen LogP contribution in [0.5, 0.6) is 5.75 Å². The van der Waals surface area contributed by atoms with Gasteiger partial charge in [0.25, 0.3) is 0 Å². The van der Waals surface area contributed by atoms with Gasteiger partial charge in [-0.15, -0.1) is 6.58 Å².